The Morgan fingerprint density at radius 1 is 1.05 bits per heavy atom. The van der Waals surface area contributed by atoms with Crippen molar-refractivity contribution in [3.63, 3.8) is 0 Å². The molecule has 20 heavy (non-hydrogen) atoms. The number of thiophene rings is 1. The lowest BCUT2D eigenvalue weighted by molar-refractivity contribution is 0.630. The molecule has 0 fully saturated rings. The first-order valence-electron chi connectivity index (χ1n) is 6.45. The maximum atomic E-state index is 13.3. The van der Waals surface area contributed by atoms with Crippen LogP contribution in [0.25, 0.3) is 10.1 Å². The number of halogens is 2. The number of aryl methyl sites for hydroxylation is 2. The molecule has 0 bridgehead atoms. The average Bonchev–Trinajstić information content (AvgIpc) is 2.83. The predicted octanol–water partition coefficient (Wildman–Crippen LogP) is 6.14. The summed E-state index contributed by atoms with van der Waals surface area (Å²) in [6, 6.07) is 13.6. The van der Waals surface area contributed by atoms with Crippen molar-refractivity contribution in [2.24, 2.45) is 0 Å². The van der Waals surface area contributed by atoms with Crippen LogP contribution in [-0.2, 0) is 0 Å². The van der Waals surface area contributed by atoms with E-state index in [9.17, 15) is 4.39 Å². The lowest BCUT2D eigenvalue weighted by Gasteiger charge is -2.12. The standard InChI is InChI=1S/C17H14BrFS/c1-10-3-4-11(2)14(7-10)17(18)16-8-12-5-6-13(19)9-15(12)20-16/h3-9,17H,1-2H3. The topological polar surface area (TPSA) is 0 Å². The maximum Gasteiger partial charge on any atom is 0.124 e. The molecule has 0 spiro atoms. The summed E-state index contributed by atoms with van der Waals surface area (Å²) < 4.78 is 14.3. The number of alkyl halides is 1. The molecule has 1 aromatic heterocycles. The van der Waals surface area contributed by atoms with Crippen molar-refractivity contribution in [3.8, 4) is 0 Å². The Balaban J connectivity index is 2.07. The van der Waals surface area contributed by atoms with E-state index in [1.54, 1.807) is 17.4 Å². The molecule has 0 amide bonds. The molecule has 0 saturated carbocycles. The van der Waals surface area contributed by atoms with E-state index in [4.69, 9.17) is 0 Å². The van der Waals surface area contributed by atoms with E-state index in [0.29, 0.717) is 0 Å². The highest BCUT2D eigenvalue weighted by Crippen LogP contribution is 2.39. The van der Waals surface area contributed by atoms with E-state index in [1.165, 1.54) is 27.6 Å². The third-order valence-corrected chi connectivity index (χ3v) is 5.91. The highest BCUT2D eigenvalue weighted by Gasteiger charge is 2.16. The lowest BCUT2D eigenvalue weighted by atomic mass is 10.0. The summed E-state index contributed by atoms with van der Waals surface area (Å²) in [7, 11) is 0. The molecular weight excluding hydrogens is 335 g/mol. The zero-order valence-corrected chi connectivity index (χ0v) is 13.7. The zero-order chi connectivity index (χ0) is 14.3. The molecule has 3 rings (SSSR count). The van der Waals surface area contributed by atoms with Gasteiger partial charge in [-0.15, -0.1) is 11.3 Å². The van der Waals surface area contributed by atoms with Crippen LogP contribution in [0.2, 0.25) is 0 Å². The zero-order valence-electron chi connectivity index (χ0n) is 11.3. The van der Waals surface area contributed by atoms with Crippen molar-refractivity contribution >= 4 is 37.4 Å². The van der Waals surface area contributed by atoms with E-state index in [2.05, 4.69) is 54.0 Å². The third-order valence-electron chi connectivity index (χ3n) is 3.46. The van der Waals surface area contributed by atoms with Gasteiger partial charge in [0.25, 0.3) is 0 Å². The third kappa shape index (κ3) is 2.52. The quantitative estimate of drug-likeness (QED) is 0.487. The molecule has 2 aromatic carbocycles. The largest absolute Gasteiger partial charge is 0.207 e. The molecule has 1 heterocycles. The van der Waals surface area contributed by atoms with E-state index in [1.807, 2.05) is 6.07 Å². The number of hydrogen-bond acceptors (Lipinski definition) is 1. The van der Waals surface area contributed by atoms with Crippen LogP contribution < -0.4 is 0 Å². The van der Waals surface area contributed by atoms with Gasteiger partial charge in [-0.05, 0) is 48.6 Å². The molecule has 0 aliphatic carbocycles. The molecule has 3 heteroatoms. The van der Waals surface area contributed by atoms with Gasteiger partial charge < -0.3 is 0 Å². The van der Waals surface area contributed by atoms with Crippen LogP contribution in [0, 0.1) is 19.7 Å². The van der Waals surface area contributed by atoms with Crippen LogP contribution in [0.1, 0.15) is 26.4 Å². The van der Waals surface area contributed by atoms with Gasteiger partial charge in [-0.2, -0.15) is 0 Å². The van der Waals surface area contributed by atoms with Crippen molar-refractivity contribution in [1.82, 2.24) is 0 Å². The second-order valence-corrected chi connectivity index (χ2v) is 7.08. The highest BCUT2D eigenvalue weighted by atomic mass is 79.9. The molecule has 0 saturated heterocycles. The number of hydrogen-bond donors (Lipinski definition) is 0. The fraction of sp³-hybridized carbons (Fsp3) is 0.176. The number of rotatable bonds is 2. The van der Waals surface area contributed by atoms with Crippen molar-refractivity contribution in [3.05, 3.63) is 69.8 Å². The average molecular weight is 349 g/mol. The lowest BCUT2D eigenvalue weighted by Crippen LogP contribution is -1.94. The molecule has 1 atom stereocenters. The van der Waals surface area contributed by atoms with Crippen molar-refractivity contribution in [2.75, 3.05) is 0 Å². The van der Waals surface area contributed by atoms with Crippen LogP contribution in [0.15, 0.2) is 42.5 Å². The first kappa shape index (κ1) is 13.8. The van der Waals surface area contributed by atoms with Gasteiger partial charge in [0.15, 0.2) is 0 Å². The summed E-state index contributed by atoms with van der Waals surface area (Å²) in [6.45, 7) is 4.22. The van der Waals surface area contributed by atoms with Crippen molar-refractivity contribution in [2.45, 2.75) is 18.7 Å². The number of benzene rings is 2. The summed E-state index contributed by atoms with van der Waals surface area (Å²) in [4.78, 5) is 1.36. The second-order valence-electron chi connectivity index (χ2n) is 5.05. The number of fused-ring (bicyclic) bond motifs is 1. The molecule has 0 radical (unpaired) electrons. The van der Waals surface area contributed by atoms with Crippen molar-refractivity contribution in [1.29, 1.82) is 0 Å². The summed E-state index contributed by atoms with van der Waals surface area (Å²) in [5.74, 6) is -0.177. The van der Waals surface area contributed by atoms with Crippen LogP contribution in [-0.4, -0.2) is 0 Å². The molecule has 0 N–H and O–H groups in total. The first-order valence-corrected chi connectivity index (χ1v) is 8.18. The van der Waals surface area contributed by atoms with Crippen LogP contribution >= 0.6 is 27.3 Å². The molecule has 0 aliphatic rings. The Kier molecular flexibility index (Phi) is 3.65. The normalized spacial score (nSPS) is 12.8. The summed E-state index contributed by atoms with van der Waals surface area (Å²) in [5.41, 5.74) is 3.79. The van der Waals surface area contributed by atoms with Crippen LogP contribution in [0.3, 0.4) is 0 Å². The minimum atomic E-state index is -0.177. The fourth-order valence-corrected chi connectivity index (χ4v) is 4.33. The first-order chi connectivity index (χ1) is 9.54. The smallest absolute Gasteiger partial charge is 0.124 e. The van der Waals surface area contributed by atoms with Gasteiger partial charge in [0.1, 0.15) is 5.82 Å². The highest BCUT2D eigenvalue weighted by molar-refractivity contribution is 9.09. The molecule has 102 valence electrons. The van der Waals surface area contributed by atoms with Gasteiger partial charge in [-0.1, -0.05) is 45.8 Å². The van der Waals surface area contributed by atoms with Gasteiger partial charge in [-0.3, -0.25) is 0 Å². The van der Waals surface area contributed by atoms with Crippen LogP contribution in [0.5, 0.6) is 0 Å². The second kappa shape index (κ2) is 5.30. The van der Waals surface area contributed by atoms with E-state index in [-0.39, 0.29) is 10.6 Å². The minimum Gasteiger partial charge on any atom is -0.207 e. The van der Waals surface area contributed by atoms with Crippen LogP contribution in [0.4, 0.5) is 4.39 Å². The Morgan fingerprint density at radius 2 is 1.85 bits per heavy atom. The Morgan fingerprint density at radius 3 is 2.65 bits per heavy atom. The molecular formula is C17H14BrFS. The molecule has 1 unspecified atom stereocenters. The van der Waals surface area contributed by atoms with Crippen molar-refractivity contribution < 1.29 is 4.39 Å². The summed E-state index contributed by atoms with van der Waals surface area (Å²) in [6.07, 6.45) is 0. The summed E-state index contributed by atoms with van der Waals surface area (Å²) in [5, 5.41) is 1.10. The monoisotopic (exact) mass is 348 g/mol. The molecule has 0 nitrogen and oxygen atoms in total. The minimum absolute atomic E-state index is 0.155. The van der Waals surface area contributed by atoms with Gasteiger partial charge in [0.05, 0.1) is 4.83 Å². The molecule has 0 aliphatic heterocycles. The Bertz CT molecular complexity index is 776. The predicted molar refractivity (Wildman–Crippen MR) is 88.5 cm³/mol. The Labute approximate surface area is 130 Å². The fourth-order valence-electron chi connectivity index (χ4n) is 2.34. The Hall–Kier alpha value is -1.19. The van der Waals surface area contributed by atoms with E-state index < -0.39 is 0 Å². The van der Waals surface area contributed by atoms with E-state index in [0.717, 1.165) is 10.1 Å². The van der Waals surface area contributed by atoms with Gasteiger partial charge >= 0.3 is 0 Å². The SMILES string of the molecule is Cc1ccc(C)c(C(Br)c2cc3ccc(F)cc3s2)c1. The molecule has 3 aromatic rings. The van der Waals surface area contributed by atoms with Gasteiger partial charge in [-0.25, -0.2) is 4.39 Å². The van der Waals surface area contributed by atoms with E-state index >= 15 is 0 Å². The van der Waals surface area contributed by atoms with Gasteiger partial charge in [0, 0.05) is 9.58 Å². The maximum absolute atomic E-state index is 13.3. The van der Waals surface area contributed by atoms with Gasteiger partial charge in [0.2, 0.25) is 0 Å². The summed E-state index contributed by atoms with van der Waals surface area (Å²) >= 11 is 5.43.